The van der Waals surface area contributed by atoms with Crippen molar-refractivity contribution in [1.29, 1.82) is 0 Å². The van der Waals surface area contributed by atoms with Crippen LogP contribution in [0, 0.1) is 5.92 Å². The number of thiazole rings is 1. The molecule has 1 unspecified atom stereocenters. The van der Waals surface area contributed by atoms with Gasteiger partial charge in [0.05, 0.1) is 44.7 Å². The molecule has 2 aliphatic rings. The summed E-state index contributed by atoms with van der Waals surface area (Å²) in [6.45, 7) is 7.10. The quantitative estimate of drug-likeness (QED) is 0.0476. The van der Waals surface area contributed by atoms with Crippen molar-refractivity contribution in [3.63, 3.8) is 0 Å². The number of oxime groups is 1. The number of amides is 1. The number of hydroxylamine groups is 2. The Morgan fingerprint density at radius 2 is 1.91 bits per heavy atom. The minimum atomic E-state index is -4.92. The van der Waals surface area contributed by atoms with Crippen LogP contribution in [0.15, 0.2) is 39.8 Å². The van der Waals surface area contributed by atoms with Gasteiger partial charge in [-0.1, -0.05) is 5.16 Å². The Hall–Kier alpha value is -3.64. The molecular formula is C27H38N7O8S2+. The first-order valence-corrected chi connectivity index (χ1v) is 16.3. The molecule has 0 bridgehead atoms. The molecule has 1 aromatic heterocycles. The number of Topliss-reactive ketones (excluding diaryl/α,β-unsaturated/α-hetero) is 1. The molecule has 2 fully saturated rings. The molecule has 2 saturated heterocycles. The van der Waals surface area contributed by atoms with Gasteiger partial charge in [0.2, 0.25) is 0 Å². The Bertz CT molecular complexity index is 1520. The first-order valence-electron chi connectivity index (χ1n) is 14.0. The molecule has 0 spiro atoms. The monoisotopic (exact) mass is 652 g/mol. The van der Waals surface area contributed by atoms with Gasteiger partial charge >= 0.3 is 10.4 Å². The Labute approximate surface area is 260 Å². The fourth-order valence-corrected chi connectivity index (χ4v) is 6.14. The number of carbonyl (C=O) groups excluding carboxylic acids is 2. The number of nitrogens with zero attached hydrogens (tertiary/aromatic N) is 5. The van der Waals surface area contributed by atoms with Gasteiger partial charge in [0.1, 0.15) is 23.9 Å². The van der Waals surface area contributed by atoms with Crippen LogP contribution in [0.5, 0.6) is 5.75 Å². The Kier molecular flexibility index (Phi) is 10.2. The number of benzene rings is 1. The van der Waals surface area contributed by atoms with Gasteiger partial charge < -0.3 is 25.5 Å². The average molecular weight is 653 g/mol. The van der Waals surface area contributed by atoms with Crippen molar-refractivity contribution in [2.45, 2.75) is 38.6 Å². The number of hydrogen-bond donors (Lipinski definition) is 3. The van der Waals surface area contributed by atoms with Crippen LogP contribution in [0.4, 0.5) is 5.13 Å². The van der Waals surface area contributed by atoms with Gasteiger partial charge in [-0.05, 0) is 38.1 Å². The van der Waals surface area contributed by atoms with E-state index in [1.807, 2.05) is 12.1 Å². The summed E-state index contributed by atoms with van der Waals surface area (Å²) in [6, 6.07) is 7.20. The number of likely N-dealkylation sites (tertiary alicyclic amines) is 1. The average Bonchev–Trinajstić information content (AvgIpc) is 3.59. The standard InChI is InChI=1S/C27H37N7O8S2/c1-27(2)20(25(36)33(27)42-44(37,38)39)16-22(35)23(21-17-43-26(29)31-21)32-41-15-14-40-19-8-6-18(7-9-19)24(28)30-10-13-34(3)11-4-5-12-34/h6-9,17,20H,4-5,10-16H2,1-3H3,(H4-,28,29,30,31,37,38,39)/p+1/b32-23-. The predicted octanol–water partition coefficient (Wildman–Crippen LogP) is 1.40. The highest BCUT2D eigenvalue weighted by molar-refractivity contribution is 7.80. The van der Waals surface area contributed by atoms with Crippen molar-refractivity contribution >= 4 is 50.1 Å². The fraction of sp³-hybridized carbons (Fsp3) is 0.519. The number of hydrogen-bond acceptors (Lipinski definition) is 12. The third-order valence-corrected chi connectivity index (χ3v) is 8.79. The number of ether oxygens (including phenoxy) is 1. The number of rotatable bonds is 15. The molecule has 15 nitrogen and oxygen atoms in total. The van der Waals surface area contributed by atoms with Gasteiger partial charge in [0.15, 0.2) is 23.2 Å². The zero-order valence-corrected chi connectivity index (χ0v) is 26.5. The summed E-state index contributed by atoms with van der Waals surface area (Å²) in [6.07, 6.45) is 2.18. The molecule has 5 N–H and O–H groups in total. The Balaban J connectivity index is 1.29. The summed E-state index contributed by atoms with van der Waals surface area (Å²) in [7, 11) is -2.66. The van der Waals surface area contributed by atoms with Crippen molar-refractivity contribution in [3.05, 3.63) is 40.9 Å². The minimum absolute atomic E-state index is 0.0113. The van der Waals surface area contributed by atoms with E-state index < -0.39 is 33.5 Å². The van der Waals surface area contributed by atoms with Crippen molar-refractivity contribution in [1.82, 2.24) is 10.0 Å². The third kappa shape index (κ3) is 8.29. The van der Waals surface area contributed by atoms with Gasteiger partial charge in [-0.2, -0.15) is 13.5 Å². The largest absolute Gasteiger partial charge is 0.490 e. The summed E-state index contributed by atoms with van der Waals surface area (Å²) >= 11 is 1.10. The van der Waals surface area contributed by atoms with Crippen LogP contribution >= 0.6 is 11.3 Å². The number of aliphatic imine (C=N–C) groups is 1. The molecule has 17 heteroatoms. The summed E-state index contributed by atoms with van der Waals surface area (Å²) in [5.74, 6) is -1.26. The molecule has 1 atom stereocenters. The normalized spacial score (nSPS) is 20.0. The number of nitrogens with two attached hydrogens (primary N) is 2. The highest BCUT2D eigenvalue weighted by Crippen LogP contribution is 2.40. The summed E-state index contributed by atoms with van der Waals surface area (Å²) in [5.41, 5.74) is 11.5. The number of likely N-dealkylation sites (N-methyl/N-ethyl adjacent to an activating group) is 1. The van der Waals surface area contributed by atoms with Crippen molar-refractivity contribution < 1.29 is 40.9 Å². The fourth-order valence-electron chi connectivity index (χ4n) is 5.14. The van der Waals surface area contributed by atoms with E-state index >= 15 is 0 Å². The van der Waals surface area contributed by atoms with E-state index in [0.29, 0.717) is 23.2 Å². The molecule has 1 amide bonds. The van der Waals surface area contributed by atoms with E-state index in [0.717, 1.165) is 27.9 Å². The number of nitrogen functional groups attached to an aromatic ring is 1. The van der Waals surface area contributed by atoms with Crippen LogP contribution in [0.2, 0.25) is 0 Å². The molecule has 4 rings (SSSR count). The number of ketones is 1. The second-order valence-electron chi connectivity index (χ2n) is 11.4. The molecule has 44 heavy (non-hydrogen) atoms. The van der Waals surface area contributed by atoms with Crippen LogP contribution < -0.4 is 16.2 Å². The zero-order valence-electron chi connectivity index (χ0n) is 24.8. The minimum Gasteiger partial charge on any atom is -0.490 e. The smallest absolute Gasteiger partial charge is 0.418 e. The van der Waals surface area contributed by atoms with E-state index in [-0.39, 0.29) is 36.2 Å². The van der Waals surface area contributed by atoms with E-state index in [1.54, 1.807) is 12.1 Å². The SMILES string of the molecule is CC1(C)C(CC(=O)/C(=N\OCCOc2ccc(C(N)=NCC[N+]3(C)CCCC3)cc2)c2csc(N)n2)C(=O)N1OS(=O)(=O)O. The third-order valence-electron chi connectivity index (χ3n) is 7.78. The van der Waals surface area contributed by atoms with E-state index in [9.17, 15) is 18.0 Å². The summed E-state index contributed by atoms with van der Waals surface area (Å²) in [4.78, 5) is 39.7. The van der Waals surface area contributed by atoms with Crippen molar-refractivity contribution in [2.75, 3.05) is 52.2 Å². The molecule has 0 radical (unpaired) electrons. The topological polar surface area (TPSA) is 209 Å². The first kappa shape index (κ1) is 33.3. The van der Waals surface area contributed by atoms with Crippen molar-refractivity contribution in [2.24, 2.45) is 21.8 Å². The maximum atomic E-state index is 13.2. The molecule has 240 valence electrons. The number of anilines is 1. The van der Waals surface area contributed by atoms with Crippen LogP contribution in [-0.4, -0.2) is 103 Å². The Morgan fingerprint density at radius 3 is 2.50 bits per heavy atom. The number of β-lactam (4-membered cyclic amide) rings is 1. The van der Waals surface area contributed by atoms with Crippen LogP contribution in [0.1, 0.15) is 44.4 Å². The van der Waals surface area contributed by atoms with Crippen LogP contribution in [0.3, 0.4) is 0 Å². The molecular weight excluding hydrogens is 614 g/mol. The van der Waals surface area contributed by atoms with Crippen LogP contribution in [-0.2, 0) is 29.1 Å². The second kappa shape index (κ2) is 13.6. The lowest BCUT2D eigenvalue weighted by Gasteiger charge is -2.50. The zero-order chi connectivity index (χ0) is 32.1. The second-order valence-corrected chi connectivity index (χ2v) is 13.3. The number of aromatic nitrogens is 1. The lowest BCUT2D eigenvalue weighted by Crippen LogP contribution is -2.68. The highest BCUT2D eigenvalue weighted by Gasteiger charge is 2.57. The number of amidine groups is 1. The maximum absolute atomic E-state index is 13.2. The molecule has 2 aromatic rings. The van der Waals surface area contributed by atoms with Gasteiger partial charge in [-0.25, -0.2) is 4.98 Å². The van der Waals surface area contributed by atoms with Crippen LogP contribution in [0.25, 0.3) is 0 Å². The number of quaternary nitrogens is 1. The molecule has 3 heterocycles. The van der Waals surface area contributed by atoms with Crippen molar-refractivity contribution in [3.8, 4) is 5.75 Å². The molecule has 2 aliphatic heterocycles. The molecule has 1 aromatic carbocycles. The summed E-state index contributed by atoms with van der Waals surface area (Å²) < 4.78 is 42.2. The summed E-state index contributed by atoms with van der Waals surface area (Å²) in [5, 5.41) is 6.19. The number of carbonyl (C=O) groups is 2. The first-order chi connectivity index (χ1) is 20.7. The molecule has 0 saturated carbocycles. The van der Waals surface area contributed by atoms with Gasteiger partial charge in [-0.15, -0.1) is 15.6 Å². The maximum Gasteiger partial charge on any atom is 0.418 e. The lowest BCUT2D eigenvalue weighted by molar-refractivity contribution is -0.896. The van der Waals surface area contributed by atoms with Gasteiger partial charge in [0, 0.05) is 30.2 Å². The predicted molar refractivity (Wildman–Crippen MR) is 163 cm³/mol. The van der Waals surface area contributed by atoms with E-state index in [1.165, 1.54) is 45.2 Å². The lowest BCUT2D eigenvalue weighted by atomic mass is 9.74. The van der Waals surface area contributed by atoms with Gasteiger partial charge in [-0.3, -0.25) is 19.1 Å². The molecule has 0 aliphatic carbocycles. The van der Waals surface area contributed by atoms with Gasteiger partial charge in [0.25, 0.3) is 5.91 Å². The van der Waals surface area contributed by atoms with E-state index in [2.05, 4.69) is 26.5 Å². The Morgan fingerprint density at radius 1 is 1.23 bits per heavy atom. The van der Waals surface area contributed by atoms with E-state index in [4.69, 9.17) is 25.6 Å². The highest BCUT2D eigenvalue weighted by atomic mass is 32.3.